The van der Waals surface area contributed by atoms with Crippen molar-refractivity contribution in [2.45, 2.75) is 12.5 Å². The second kappa shape index (κ2) is 6.51. The normalized spacial score (nSPS) is 17.2. The summed E-state index contributed by atoms with van der Waals surface area (Å²) >= 11 is 1.80. The molecule has 3 heterocycles. The summed E-state index contributed by atoms with van der Waals surface area (Å²) in [6, 6.07) is 16.3. The monoisotopic (exact) mass is 375 g/mol. The smallest absolute Gasteiger partial charge is 0.162 e. The Balaban J connectivity index is 1.64. The molecule has 0 bridgehead atoms. The molecule has 0 fully saturated rings. The van der Waals surface area contributed by atoms with Crippen LogP contribution in [0.5, 0.6) is 0 Å². The number of hydrogen-bond donors (Lipinski definition) is 0. The second-order valence-corrected chi connectivity index (χ2v) is 8.12. The minimum absolute atomic E-state index is 0.177. The molecule has 2 aromatic carbocycles. The fourth-order valence-electron chi connectivity index (χ4n) is 3.90. The fourth-order valence-corrected chi connectivity index (χ4v) is 5.07. The van der Waals surface area contributed by atoms with Gasteiger partial charge in [0, 0.05) is 46.5 Å². The van der Waals surface area contributed by atoms with Crippen molar-refractivity contribution in [2.24, 2.45) is 0 Å². The minimum Gasteiger partial charge on any atom is -0.301 e. The molecule has 5 heteroatoms. The van der Waals surface area contributed by atoms with Crippen molar-refractivity contribution in [3.05, 3.63) is 82.7 Å². The number of hydrogen-bond acceptors (Lipinski definition) is 4. The Kier molecular flexibility index (Phi) is 3.99. The number of thiophene rings is 1. The van der Waals surface area contributed by atoms with E-state index in [1.165, 1.54) is 15.0 Å². The van der Waals surface area contributed by atoms with Crippen LogP contribution in [-0.2, 0) is 6.54 Å². The molecule has 27 heavy (non-hydrogen) atoms. The van der Waals surface area contributed by atoms with E-state index in [2.05, 4.69) is 51.3 Å². The van der Waals surface area contributed by atoms with Gasteiger partial charge in [0.1, 0.15) is 5.82 Å². The number of benzene rings is 2. The van der Waals surface area contributed by atoms with Gasteiger partial charge in [-0.15, -0.1) is 11.3 Å². The summed E-state index contributed by atoms with van der Waals surface area (Å²) in [7, 11) is 2.05. The Morgan fingerprint density at radius 2 is 1.89 bits per heavy atom. The van der Waals surface area contributed by atoms with Crippen LogP contribution in [0.25, 0.3) is 21.5 Å². The van der Waals surface area contributed by atoms with Crippen LogP contribution < -0.4 is 0 Å². The zero-order chi connectivity index (χ0) is 18.4. The van der Waals surface area contributed by atoms with Crippen LogP contribution in [0.2, 0.25) is 0 Å². The zero-order valence-electron chi connectivity index (χ0n) is 14.9. The molecule has 0 saturated heterocycles. The van der Waals surface area contributed by atoms with Gasteiger partial charge in [-0.25, -0.2) is 14.4 Å². The molecule has 0 N–H and O–H groups in total. The van der Waals surface area contributed by atoms with Crippen LogP contribution in [0.3, 0.4) is 0 Å². The van der Waals surface area contributed by atoms with Crippen molar-refractivity contribution in [3.8, 4) is 11.4 Å². The number of fused-ring (bicyclic) bond motifs is 2. The first-order valence-corrected chi connectivity index (χ1v) is 9.78. The summed E-state index contributed by atoms with van der Waals surface area (Å²) < 4.78 is 16.7. The molecule has 1 aliphatic heterocycles. The second-order valence-electron chi connectivity index (χ2n) is 7.00. The topological polar surface area (TPSA) is 29.0 Å². The van der Waals surface area contributed by atoms with Crippen molar-refractivity contribution in [3.63, 3.8) is 0 Å². The average Bonchev–Trinajstić information content (AvgIpc) is 3.13. The lowest BCUT2D eigenvalue weighted by atomic mass is 9.87. The van der Waals surface area contributed by atoms with E-state index in [1.54, 1.807) is 29.8 Å². The summed E-state index contributed by atoms with van der Waals surface area (Å²) in [6.45, 7) is 1.49. The van der Waals surface area contributed by atoms with Gasteiger partial charge in [-0.2, -0.15) is 0 Å². The third-order valence-corrected chi connectivity index (χ3v) is 6.40. The molecule has 0 radical (unpaired) electrons. The van der Waals surface area contributed by atoms with Gasteiger partial charge < -0.3 is 4.90 Å². The van der Waals surface area contributed by atoms with E-state index in [1.807, 2.05) is 13.1 Å². The van der Waals surface area contributed by atoms with Crippen LogP contribution in [0.4, 0.5) is 4.39 Å². The van der Waals surface area contributed by atoms with Crippen molar-refractivity contribution < 1.29 is 4.39 Å². The lowest BCUT2D eigenvalue weighted by molar-refractivity contribution is 0.290. The molecule has 2 aromatic heterocycles. The Morgan fingerprint density at radius 3 is 2.70 bits per heavy atom. The van der Waals surface area contributed by atoms with E-state index in [0.717, 1.165) is 17.7 Å². The summed E-state index contributed by atoms with van der Waals surface area (Å²) in [6.07, 6.45) is 3.29. The number of aromatic nitrogens is 2. The largest absolute Gasteiger partial charge is 0.301 e. The standard InChI is InChI=1S/C22H18FN3S/c1-26-12-17(20-11-14-5-2-3-6-19(14)27-20)15-7-8-16(21(23)18(15)13-26)22-24-9-4-10-25-22/h2-11,17H,12-13H2,1H3. The number of likely N-dealkylation sites (N-methyl/N-ethyl adjacent to an activating group) is 1. The summed E-state index contributed by atoms with van der Waals surface area (Å²) in [5.74, 6) is 0.414. The van der Waals surface area contributed by atoms with Crippen molar-refractivity contribution in [1.82, 2.24) is 14.9 Å². The Labute approximate surface area is 161 Å². The molecule has 1 unspecified atom stereocenters. The first-order chi connectivity index (χ1) is 13.2. The molecule has 5 rings (SSSR count). The van der Waals surface area contributed by atoms with Crippen LogP contribution >= 0.6 is 11.3 Å². The van der Waals surface area contributed by atoms with E-state index in [-0.39, 0.29) is 11.7 Å². The zero-order valence-corrected chi connectivity index (χ0v) is 15.7. The maximum atomic E-state index is 15.4. The third-order valence-electron chi connectivity index (χ3n) is 5.17. The fraction of sp³-hybridized carbons (Fsp3) is 0.182. The maximum Gasteiger partial charge on any atom is 0.162 e. The number of nitrogens with zero attached hydrogens (tertiary/aromatic N) is 3. The van der Waals surface area contributed by atoms with Gasteiger partial charge in [0.25, 0.3) is 0 Å². The first-order valence-electron chi connectivity index (χ1n) is 8.96. The highest BCUT2D eigenvalue weighted by Crippen LogP contribution is 2.40. The minimum atomic E-state index is -0.198. The van der Waals surface area contributed by atoms with Crippen molar-refractivity contribution in [1.29, 1.82) is 0 Å². The first kappa shape index (κ1) is 16.5. The highest BCUT2D eigenvalue weighted by Gasteiger charge is 2.29. The van der Waals surface area contributed by atoms with Gasteiger partial charge in [-0.1, -0.05) is 24.3 Å². The molecule has 3 nitrogen and oxygen atoms in total. The van der Waals surface area contributed by atoms with E-state index >= 15 is 4.39 Å². The molecule has 1 aliphatic rings. The molecule has 4 aromatic rings. The molecule has 134 valence electrons. The summed E-state index contributed by atoms with van der Waals surface area (Å²) in [4.78, 5) is 11.9. The van der Waals surface area contributed by atoms with Gasteiger partial charge in [-0.3, -0.25) is 0 Å². The van der Waals surface area contributed by atoms with Crippen molar-refractivity contribution in [2.75, 3.05) is 13.6 Å². The van der Waals surface area contributed by atoms with Crippen LogP contribution in [0, 0.1) is 5.82 Å². The van der Waals surface area contributed by atoms with E-state index in [9.17, 15) is 0 Å². The van der Waals surface area contributed by atoms with Gasteiger partial charge >= 0.3 is 0 Å². The van der Waals surface area contributed by atoms with E-state index < -0.39 is 0 Å². The molecule has 0 amide bonds. The lowest BCUT2D eigenvalue weighted by Crippen LogP contribution is -2.31. The van der Waals surface area contributed by atoms with Crippen LogP contribution in [-0.4, -0.2) is 28.5 Å². The predicted octanol–water partition coefficient (Wildman–Crippen LogP) is 5.07. The highest BCUT2D eigenvalue weighted by atomic mass is 32.1. The average molecular weight is 375 g/mol. The summed E-state index contributed by atoms with van der Waals surface area (Å²) in [5, 5.41) is 1.25. The third kappa shape index (κ3) is 2.83. The van der Waals surface area contributed by atoms with Crippen LogP contribution in [0.1, 0.15) is 21.9 Å². The highest BCUT2D eigenvalue weighted by molar-refractivity contribution is 7.19. The number of halogens is 1. The van der Waals surface area contributed by atoms with Gasteiger partial charge in [-0.05, 0) is 42.3 Å². The summed E-state index contributed by atoms with van der Waals surface area (Å²) in [5.41, 5.74) is 2.31. The Bertz CT molecular complexity index is 1090. The molecule has 0 spiro atoms. The van der Waals surface area contributed by atoms with E-state index in [0.29, 0.717) is 17.9 Å². The molecule has 1 atom stereocenters. The van der Waals surface area contributed by atoms with Gasteiger partial charge in [0.05, 0.1) is 5.56 Å². The van der Waals surface area contributed by atoms with Gasteiger partial charge in [0.2, 0.25) is 0 Å². The SMILES string of the molecule is CN1Cc2c(ccc(-c3ncccn3)c2F)C(c2cc3ccccc3s2)C1. The van der Waals surface area contributed by atoms with Gasteiger partial charge in [0.15, 0.2) is 5.82 Å². The quantitative estimate of drug-likeness (QED) is 0.489. The Hall–Kier alpha value is -2.63. The predicted molar refractivity (Wildman–Crippen MR) is 107 cm³/mol. The molecular formula is C22H18FN3S. The lowest BCUT2D eigenvalue weighted by Gasteiger charge is -2.32. The molecule has 0 saturated carbocycles. The van der Waals surface area contributed by atoms with Crippen LogP contribution in [0.15, 0.2) is 60.9 Å². The molecule has 0 aliphatic carbocycles. The maximum absolute atomic E-state index is 15.4. The molecular weight excluding hydrogens is 357 g/mol. The Morgan fingerprint density at radius 1 is 1.07 bits per heavy atom. The number of rotatable bonds is 2. The van der Waals surface area contributed by atoms with E-state index in [4.69, 9.17) is 0 Å². The van der Waals surface area contributed by atoms with Crippen molar-refractivity contribution >= 4 is 21.4 Å².